The molecule has 5 nitrogen and oxygen atoms in total. The molecule has 1 spiro atoms. The smallest absolute Gasteiger partial charge is 0.241 e. The zero-order valence-corrected chi connectivity index (χ0v) is 17.0. The van der Waals surface area contributed by atoms with Gasteiger partial charge in [-0.15, -0.1) is 0 Å². The number of piperidine rings is 1. The van der Waals surface area contributed by atoms with Gasteiger partial charge in [-0.25, -0.2) is 0 Å². The summed E-state index contributed by atoms with van der Waals surface area (Å²) < 4.78 is 0. The summed E-state index contributed by atoms with van der Waals surface area (Å²) in [7, 11) is 0. The predicted molar refractivity (Wildman–Crippen MR) is 105 cm³/mol. The Morgan fingerprint density at radius 3 is 2.48 bits per heavy atom. The van der Waals surface area contributed by atoms with Gasteiger partial charge in [-0.1, -0.05) is 20.3 Å². The maximum absolute atomic E-state index is 13.1. The van der Waals surface area contributed by atoms with Gasteiger partial charge in [0.2, 0.25) is 5.91 Å². The number of hydrogen-bond acceptors (Lipinski definition) is 3. The summed E-state index contributed by atoms with van der Waals surface area (Å²) >= 11 is 5.54. The Morgan fingerprint density at radius 1 is 1.32 bits per heavy atom. The van der Waals surface area contributed by atoms with Crippen LogP contribution in [0.25, 0.3) is 0 Å². The van der Waals surface area contributed by atoms with Crippen LogP contribution in [0.3, 0.4) is 0 Å². The molecule has 1 amide bonds. The number of carbonyl (C=O) groups excluding carboxylic acids is 1. The average Bonchev–Trinajstić information content (AvgIpc) is 3.36. The highest BCUT2D eigenvalue weighted by Crippen LogP contribution is 2.39. The van der Waals surface area contributed by atoms with Crippen LogP contribution in [-0.4, -0.2) is 58.2 Å². The molecular weight excluding hydrogens is 332 g/mol. The molecule has 0 aromatic rings. The highest BCUT2D eigenvalue weighted by molar-refractivity contribution is 7.80. The average molecular weight is 367 g/mol. The third-order valence-corrected chi connectivity index (χ3v) is 6.49. The summed E-state index contributed by atoms with van der Waals surface area (Å²) in [5.41, 5.74) is -0.155. The molecular formula is C19H34N4OS. The summed E-state index contributed by atoms with van der Waals surface area (Å²) in [6, 6.07) is 0.340. The van der Waals surface area contributed by atoms with Gasteiger partial charge in [0.25, 0.3) is 0 Å². The Bertz CT molecular complexity index is 512. The number of rotatable bonds is 5. The van der Waals surface area contributed by atoms with Crippen LogP contribution in [0.4, 0.5) is 0 Å². The van der Waals surface area contributed by atoms with Crippen molar-refractivity contribution in [3.63, 3.8) is 0 Å². The standard InChI is InChI=1S/C19H34N4OS/c1-5-14(4)16-17(24)23(12-15-6-7-15)19(21-16)8-10-22(11-9-19)18(25)20-13(2)3/h13-16,21H,5-12H2,1-4H3,(H,20,25)/t14-,16-/m0/s1. The SMILES string of the molecule is CC[C@H](C)[C@@H]1NC2(CCN(C(=S)NC(C)C)CC2)N(CC2CC2)C1=O. The van der Waals surface area contributed by atoms with E-state index < -0.39 is 0 Å². The van der Waals surface area contributed by atoms with E-state index in [2.05, 4.69) is 48.1 Å². The topological polar surface area (TPSA) is 47.6 Å². The van der Waals surface area contributed by atoms with Crippen molar-refractivity contribution in [1.29, 1.82) is 0 Å². The monoisotopic (exact) mass is 366 g/mol. The van der Waals surface area contributed by atoms with Crippen molar-refractivity contribution in [1.82, 2.24) is 20.4 Å². The first kappa shape index (κ1) is 18.9. The lowest BCUT2D eigenvalue weighted by Gasteiger charge is -2.45. The fourth-order valence-corrected chi connectivity index (χ4v) is 4.50. The molecule has 0 bridgehead atoms. The molecule has 0 radical (unpaired) electrons. The molecule has 3 rings (SSSR count). The first-order chi connectivity index (χ1) is 11.9. The van der Waals surface area contributed by atoms with Gasteiger partial charge in [0.1, 0.15) is 0 Å². The number of nitrogens with one attached hydrogen (secondary N) is 2. The summed E-state index contributed by atoms with van der Waals surface area (Å²) in [5, 5.41) is 7.97. The zero-order chi connectivity index (χ0) is 18.2. The van der Waals surface area contributed by atoms with Crippen LogP contribution in [0.1, 0.15) is 59.8 Å². The molecule has 2 saturated heterocycles. The van der Waals surface area contributed by atoms with E-state index in [-0.39, 0.29) is 11.7 Å². The fraction of sp³-hybridized carbons (Fsp3) is 0.895. The van der Waals surface area contributed by atoms with E-state index in [0.29, 0.717) is 17.9 Å². The molecule has 3 fully saturated rings. The van der Waals surface area contributed by atoms with E-state index in [1.165, 1.54) is 12.8 Å². The van der Waals surface area contributed by atoms with Gasteiger partial charge >= 0.3 is 0 Å². The van der Waals surface area contributed by atoms with Crippen molar-refractivity contribution in [2.75, 3.05) is 19.6 Å². The van der Waals surface area contributed by atoms with Gasteiger partial charge in [0.05, 0.1) is 11.7 Å². The normalized spacial score (nSPS) is 27.2. The molecule has 2 heterocycles. The minimum atomic E-state index is -0.155. The van der Waals surface area contributed by atoms with E-state index in [0.717, 1.165) is 49.9 Å². The van der Waals surface area contributed by atoms with Crippen molar-refractivity contribution in [3.8, 4) is 0 Å². The minimum Gasteiger partial charge on any atom is -0.360 e. The third kappa shape index (κ3) is 3.95. The lowest BCUT2D eigenvalue weighted by Crippen LogP contribution is -2.61. The Kier molecular flexibility index (Phi) is 5.59. The molecule has 6 heteroatoms. The number of nitrogens with zero attached hydrogens (tertiary/aromatic N) is 2. The van der Waals surface area contributed by atoms with Gasteiger partial charge in [0, 0.05) is 38.5 Å². The van der Waals surface area contributed by atoms with Gasteiger partial charge in [-0.05, 0) is 50.7 Å². The Hall–Kier alpha value is -0.880. The number of hydrogen-bond donors (Lipinski definition) is 2. The number of carbonyl (C=O) groups is 1. The highest BCUT2D eigenvalue weighted by Gasteiger charge is 2.53. The maximum Gasteiger partial charge on any atom is 0.241 e. The molecule has 0 aromatic carbocycles. The van der Waals surface area contributed by atoms with Crippen LogP contribution in [0.15, 0.2) is 0 Å². The predicted octanol–water partition coefficient (Wildman–Crippen LogP) is 2.32. The van der Waals surface area contributed by atoms with Crippen LogP contribution in [0, 0.1) is 11.8 Å². The lowest BCUT2D eigenvalue weighted by molar-refractivity contribution is -0.134. The molecule has 1 aliphatic carbocycles. The van der Waals surface area contributed by atoms with Crippen LogP contribution < -0.4 is 10.6 Å². The highest BCUT2D eigenvalue weighted by atomic mass is 32.1. The summed E-state index contributed by atoms with van der Waals surface area (Å²) in [6.45, 7) is 11.4. The molecule has 2 N–H and O–H groups in total. The van der Waals surface area contributed by atoms with E-state index in [1.54, 1.807) is 0 Å². The first-order valence-corrected chi connectivity index (χ1v) is 10.4. The van der Waals surface area contributed by atoms with Crippen molar-refractivity contribution in [3.05, 3.63) is 0 Å². The van der Waals surface area contributed by atoms with Crippen LogP contribution in [0.5, 0.6) is 0 Å². The Labute approximate surface area is 157 Å². The molecule has 2 atom stereocenters. The van der Waals surface area contributed by atoms with Crippen LogP contribution >= 0.6 is 12.2 Å². The molecule has 142 valence electrons. The molecule has 2 aliphatic heterocycles. The number of likely N-dealkylation sites (tertiary alicyclic amines) is 1. The van der Waals surface area contributed by atoms with Crippen LogP contribution in [-0.2, 0) is 4.79 Å². The minimum absolute atomic E-state index is 0.0176. The molecule has 25 heavy (non-hydrogen) atoms. The second kappa shape index (κ2) is 7.39. The van der Waals surface area contributed by atoms with E-state index in [4.69, 9.17) is 12.2 Å². The lowest BCUT2D eigenvalue weighted by atomic mass is 9.95. The van der Waals surface area contributed by atoms with E-state index >= 15 is 0 Å². The first-order valence-electron chi connectivity index (χ1n) is 10.0. The summed E-state index contributed by atoms with van der Waals surface area (Å²) in [5.74, 6) is 1.44. The Balaban J connectivity index is 1.70. The van der Waals surface area contributed by atoms with Gasteiger partial charge in [-0.3, -0.25) is 10.1 Å². The van der Waals surface area contributed by atoms with E-state index in [1.807, 2.05) is 0 Å². The Morgan fingerprint density at radius 2 is 1.96 bits per heavy atom. The van der Waals surface area contributed by atoms with E-state index in [9.17, 15) is 4.79 Å². The van der Waals surface area contributed by atoms with Crippen molar-refractivity contribution in [2.45, 2.75) is 77.5 Å². The molecule has 0 aromatic heterocycles. The molecule has 1 saturated carbocycles. The van der Waals surface area contributed by atoms with Gasteiger partial charge < -0.3 is 15.1 Å². The van der Waals surface area contributed by atoms with Crippen molar-refractivity contribution >= 4 is 23.2 Å². The largest absolute Gasteiger partial charge is 0.360 e. The molecule has 0 unspecified atom stereocenters. The molecule has 3 aliphatic rings. The second-order valence-corrected chi connectivity index (χ2v) is 8.91. The zero-order valence-electron chi connectivity index (χ0n) is 16.2. The number of thiocarbonyl (C=S) groups is 1. The van der Waals surface area contributed by atoms with Gasteiger partial charge in [0.15, 0.2) is 5.11 Å². The summed E-state index contributed by atoms with van der Waals surface area (Å²) in [6.07, 6.45) is 5.51. The summed E-state index contributed by atoms with van der Waals surface area (Å²) in [4.78, 5) is 17.6. The van der Waals surface area contributed by atoms with Crippen molar-refractivity contribution in [2.24, 2.45) is 11.8 Å². The third-order valence-electron chi connectivity index (χ3n) is 6.11. The maximum atomic E-state index is 13.1. The second-order valence-electron chi connectivity index (χ2n) is 8.52. The number of amides is 1. The quantitative estimate of drug-likeness (QED) is 0.731. The van der Waals surface area contributed by atoms with Crippen LogP contribution in [0.2, 0.25) is 0 Å². The van der Waals surface area contributed by atoms with Crippen molar-refractivity contribution < 1.29 is 4.79 Å². The fourth-order valence-electron chi connectivity index (χ4n) is 4.08. The van der Waals surface area contributed by atoms with Gasteiger partial charge in [-0.2, -0.15) is 0 Å².